The first-order chi connectivity index (χ1) is 17.6. The Hall–Kier alpha value is -3.97. The number of ether oxygens (including phenoxy) is 1. The van der Waals surface area contributed by atoms with Crippen molar-refractivity contribution < 1.29 is 14.0 Å². The van der Waals surface area contributed by atoms with Crippen molar-refractivity contribution in [3.8, 4) is 23.1 Å². The standard InChI is InChI=1S/C23H16Br2N8O3/c1-33-22(28-31-32-33)21(14-5-3-2-4-6-14)30-34-13-20-27-29-23(36-20)18-9-8-16(12-26-18)35-19-10-7-15(24)11-17(19)25/h2-12H,13H2,1H3/b30-21-. The molecule has 3 heterocycles. The number of tetrazole rings is 1. The predicted octanol–water partition coefficient (Wildman–Crippen LogP) is 4.94. The van der Waals surface area contributed by atoms with Crippen molar-refractivity contribution in [1.82, 2.24) is 35.4 Å². The molecular weight excluding hydrogens is 596 g/mol. The van der Waals surface area contributed by atoms with Gasteiger partial charge in [0.2, 0.25) is 5.82 Å². The van der Waals surface area contributed by atoms with E-state index in [9.17, 15) is 0 Å². The van der Waals surface area contributed by atoms with Gasteiger partial charge < -0.3 is 14.0 Å². The van der Waals surface area contributed by atoms with Crippen LogP contribution in [0.25, 0.3) is 11.6 Å². The van der Waals surface area contributed by atoms with Crippen LogP contribution in [0.5, 0.6) is 11.5 Å². The highest BCUT2D eigenvalue weighted by Crippen LogP contribution is 2.32. The fourth-order valence-electron chi connectivity index (χ4n) is 3.07. The molecular formula is C23H16Br2N8O3. The zero-order valence-electron chi connectivity index (χ0n) is 18.6. The van der Waals surface area contributed by atoms with Crippen LogP contribution in [0.15, 0.2) is 85.4 Å². The van der Waals surface area contributed by atoms with Gasteiger partial charge in [-0.15, -0.1) is 15.3 Å². The van der Waals surface area contributed by atoms with Crippen molar-refractivity contribution in [3.63, 3.8) is 0 Å². The van der Waals surface area contributed by atoms with Crippen LogP contribution in [0.1, 0.15) is 17.3 Å². The summed E-state index contributed by atoms with van der Waals surface area (Å²) in [5.74, 6) is 2.16. The average Bonchev–Trinajstić information content (AvgIpc) is 3.54. The van der Waals surface area contributed by atoms with Crippen LogP contribution in [0.3, 0.4) is 0 Å². The predicted molar refractivity (Wildman–Crippen MR) is 135 cm³/mol. The molecule has 0 aliphatic carbocycles. The molecule has 2 aromatic carbocycles. The zero-order chi connectivity index (χ0) is 24.9. The van der Waals surface area contributed by atoms with Gasteiger partial charge in [-0.1, -0.05) is 51.4 Å². The average molecular weight is 612 g/mol. The van der Waals surface area contributed by atoms with E-state index in [1.165, 1.54) is 4.68 Å². The molecule has 0 fully saturated rings. The summed E-state index contributed by atoms with van der Waals surface area (Å²) in [7, 11) is 1.72. The number of hydrogen-bond acceptors (Lipinski definition) is 10. The van der Waals surface area contributed by atoms with E-state index in [0.717, 1.165) is 14.5 Å². The van der Waals surface area contributed by atoms with Crippen molar-refractivity contribution in [3.05, 3.63) is 93.1 Å². The smallest absolute Gasteiger partial charge is 0.266 e. The number of nitrogens with zero attached hydrogens (tertiary/aromatic N) is 8. The quantitative estimate of drug-likeness (QED) is 0.177. The fraction of sp³-hybridized carbons (Fsp3) is 0.0870. The molecule has 0 spiro atoms. The number of pyridine rings is 1. The van der Waals surface area contributed by atoms with Crippen LogP contribution in [0.2, 0.25) is 0 Å². The van der Waals surface area contributed by atoms with E-state index in [1.54, 1.807) is 25.4 Å². The monoisotopic (exact) mass is 610 g/mol. The van der Waals surface area contributed by atoms with Gasteiger partial charge in [0, 0.05) is 17.1 Å². The number of halogens is 2. The van der Waals surface area contributed by atoms with Gasteiger partial charge in [-0.2, -0.15) is 0 Å². The van der Waals surface area contributed by atoms with Gasteiger partial charge in [0.25, 0.3) is 11.8 Å². The number of benzene rings is 2. The maximum atomic E-state index is 5.86. The summed E-state index contributed by atoms with van der Waals surface area (Å²) in [6.07, 6.45) is 1.58. The summed E-state index contributed by atoms with van der Waals surface area (Å²) < 4.78 is 14.8. The third kappa shape index (κ3) is 5.47. The third-order valence-corrected chi connectivity index (χ3v) is 5.88. The van der Waals surface area contributed by atoms with Gasteiger partial charge in [-0.3, -0.25) is 0 Å². The molecule has 0 atom stereocenters. The summed E-state index contributed by atoms with van der Waals surface area (Å²) in [6, 6.07) is 18.6. The lowest BCUT2D eigenvalue weighted by atomic mass is 10.1. The fourth-order valence-corrected chi connectivity index (χ4v) is 4.20. The Labute approximate surface area is 221 Å². The molecule has 0 N–H and O–H groups in total. The molecule has 36 heavy (non-hydrogen) atoms. The van der Waals surface area contributed by atoms with Crippen LogP contribution in [0.4, 0.5) is 0 Å². The van der Waals surface area contributed by atoms with Gasteiger partial charge in [0.05, 0.1) is 10.7 Å². The lowest BCUT2D eigenvalue weighted by Crippen LogP contribution is -2.12. The summed E-state index contributed by atoms with van der Waals surface area (Å²) in [6.45, 7) is -0.0482. The minimum Gasteiger partial charge on any atom is -0.455 e. The van der Waals surface area contributed by atoms with Crippen molar-refractivity contribution in [2.45, 2.75) is 6.61 Å². The summed E-state index contributed by atoms with van der Waals surface area (Å²) in [5, 5.41) is 23.8. The molecule has 0 unspecified atom stereocenters. The second-order valence-corrected chi connectivity index (χ2v) is 9.03. The maximum Gasteiger partial charge on any atom is 0.266 e. The van der Waals surface area contributed by atoms with E-state index in [2.05, 4.69) is 67.7 Å². The first kappa shape index (κ1) is 23.8. The van der Waals surface area contributed by atoms with Crippen LogP contribution in [0, 0.1) is 0 Å². The number of hydrogen-bond donors (Lipinski definition) is 0. The minimum atomic E-state index is -0.0482. The highest BCUT2D eigenvalue weighted by molar-refractivity contribution is 9.11. The van der Waals surface area contributed by atoms with E-state index in [4.69, 9.17) is 14.0 Å². The van der Waals surface area contributed by atoms with Gasteiger partial charge in [-0.05, 0) is 56.7 Å². The van der Waals surface area contributed by atoms with E-state index >= 15 is 0 Å². The highest BCUT2D eigenvalue weighted by Gasteiger charge is 2.16. The van der Waals surface area contributed by atoms with Gasteiger partial charge in [0.1, 0.15) is 17.2 Å². The normalized spacial score (nSPS) is 11.5. The molecule has 11 nitrogen and oxygen atoms in total. The molecule has 3 aromatic heterocycles. The largest absolute Gasteiger partial charge is 0.455 e. The molecule has 0 bridgehead atoms. The first-order valence-electron chi connectivity index (χ1n) is 10.5. The van der Waals surface area contributed by atoms with Crippen molar-refractivity contribution in [2.75, 3.05) is 0 Å². The van der Waals surface area contributed by atoms with Crippen LogP contribution in [-0.2, 0) is 18.5 Å². The topological polar surface area (TPSA) is 126 Å². The van der Waals surface area contributed by atoms with Crippen LogP contribution >= 0.6 is 31.9 Å². The minimum absolute atomic E-state index is 0.0482. The van der Waals surface area contributed by atoms with E-state index in [-0.39, 0.29) is 18.4 Å². The molecule has 0 radical (unpaired) electrons. The lowest BCUT2D eigenvalue weighted by molar-refractivity contribution is 0.111. The number of oxime groups is 1. The number of rotatable bonds is 8. The van der Waals surface area contributed by atoms with E-state index in [1.807, 2.05) is 48.5 Å². The van der Waals surface area contributed by atoms with Gasteiger partial charge in [0.15, 0.2) is 12.3 Å². The third-order valence-electron chi connectivity index (χ3n) is 4.77. The molecule has 180 valence electrons. The highest BCUT2D eigenvalue weighted by atomic mass is 79.9. The first-order valence-corrected chi connectivity index (χ1v) is 12.1. The Morgan fingerprint density at radius 2 is 1.89 bits per heavy atom. The van der Waals surface area contributed by atoms with Crippen LogP contribution in [-0.4, -0.2) is 41.1 Å². The van der Waals surface area contributed by atoms with E-state index in [0.29, 0.717) is 28.7 Å². The van der Waals surface area contributed by atoms with Crippen LogP contribution < -0.4 is 4.74 Å². The second kappa shape index (κ2) is 10.7. The molecule has 13 heteroatoms. The van der Waals surface area contributed by atoms with Crippen molar-refractivity contribution in [1.29, 1.82) is 0 Å². The SMILES string of the molecule is Cn1nnnc1/C(=N\OCc1nnc(-c2ccc(Oc3ccc(Br)cc3Br)cn2)o1)c1ccccc1. The summed E-state index contributed by atoms with van der Waals surface area (Å²) in [4.78, 5) is 9.86. The second-order valence-electron chi connectivity index (χ2n) is 7.26. The van der Waals surface area contributed by atoms with E-state index < -0.39 is 0 Å². The molecule has 0 aliphatic rings. The Bertz CT molecular complexity index is 1500. The Morgan fingerprint density at radius 1 is 1.03 bits per heavy atom. The summed E-state index contributed by atoms with van der Waals surface area (Å²) >= 11 is 6.89. The molecule has 0 saturated carbocycles. The molecule has 0 amide bonds. The number of aryl methyl sites for hydroxylation is 1. The molecule has 5 aromatic rings. The van der Waals surface area contributed by atoms with Crippen molar-refractivity contribution >= 4 is 37.6 Å². The molecule has 0 saturated heterocycles. The molecule has 5 rings (SSSR count). The maximum absolute atomic E-state index is 5.86. The Kier molecular flexibility index (Phi) is 7.09. The molecule has 0 aliphatic heterocycles. The Morgan fingerprint density at radius 3 is 2.61 bits per heavy atom. The Balaban J connectivity index is 1.26. The van der Waals surface area contributed by atoms with Gasteiger partial charge >= 0.3 is 0 Å². The zero-order valence-corrected chi connectivity index (χ0v) is 21.8. The van der Waals surface area contributed by atoms with Crippen molar-refractivity contribution in [2.24, 2.45) is 12.2 Å². The summed E-state index contributed by atoms with van der Waals surface area (Å²) in [5.41, 5.74) is 1.76. The van der Waals surface area contributed by atoms with Gasteiger partial charge in [-0.25, -0.2) is 9.67 Å². The number of aromatic nitrogens is 7. The lowest BCUT2D eigenvalue weighted by Gasteiger charge is -2.07.